The summed E-state index contributed by atoms with van der Waals surface area (Å²) < 4.78 is 15.7. The first-order valence-corrected chi connectivity index (χ1v) is 21.1. The van der Waals surface area contributed by atoms with Crippen molar-refractivity contribution in [1.29, 1.82) is 0 Å². The van der Waals surface area contributed by atoms with Crippen molar-refractivity contribution < 1.29 is 8.83 Å². The number of fused-ring (bicyclic) bond motifs is 9. The lowest BCUT2D eigenvalue weighted by atomic mass is 9.99. The molecule has 0 saturated heterocycles. The van der Waals surface area contributed by atoms with Crippen molar-refractivity contribution in [3.05, 3.63) is 206 Å². The van der Waals surface area contributed by atoms with Crippen LogP contribution in [0.1, 0.15) is 0 Å². The quantitative estimate of drug-likeness (QED) is 0.167. The minimum Gasteiger partial charge on any atom is -0.456 e. The van der Waals surface area contributed by atoms with Crippen LogP contribution in [0.15, 0.2) is 215 Å². The molecule has 0 saturated carbocycles. The van der Waals surface area contributed by atoms with Crippen LogP contribution in [-0.2, 0) is 0 Å². The van der Waals surface area contributed by atoms with Gasteiger partial charge in [0.2, 0.25) is 0 Å². The molecule has 0 bridgehead atoms. The van der Waals surface area contributed by atoms with Crippen LogP contribution in [0.2, 0.25) is 0 Å². The Morgan fingerprint density at radius 2 is 0.905 bits per heavy atom. The second-order valence-electron chi connectivity index (χ2n) is 15.9. The molecule has 13 rings (SSSR count). The summed E-state index contributed by atoms with van der Waals surface area (Å²) in [6, 6.07) is 71.4. The highest BCUT2D eigenvalue weighted by Gasteiger charge is 2.22. The second-order valence-corrected chi connectivity index (χ2v) is 15.9. The summed E-state index contributed by atoms with van der Waals surface area (Å²) >= 11 is 0. The zero-order chi connectivity index (χ0) is 41.4. The highest BCUT2D eigenvalue weighted by Crippen LogP contribution is 2.43. The first-order valence-electron chi connectivity index (χ1n) is 21.1. The molecule has 63 heavy (non-hydrogen) atoms. The minimum atomic E-state index is 0.554. The lowest BCUT2D eigenvalue weighted by Crippen LogP contribution is -2.00. The van der Waals surface area contributed by atoms with Gasteiger partial charge in [-0.1, -0.05) is 152 Å². The van der Waals surface area contributed by atoms with E-state index in [1.807, 2.05) is 66.7 Å². The smallest absolute Gasteiger partial charge is 0.164 e. The molecule has 0 aliphatic carbocycles. The third-order valence-corrected chi connectivity index (χ3v) is 12.3. The zero-order valence-electron chi connectivity index (χ0n) is 33.7. The average Bonchev–Trinajstić information content (AvgIpc) is 4.04. The number of hydrogen-bond donors (Lipinski definition) is 0. The number of nitrogens with zero attached hydrogens (tertiary/aromatic N) is 4. The standard InChI is InChI=1S/C57H34N4O2/c1-4-15-35(16-5-1)40-22-13-27-49-52(40)43-31-29-38(34-51(43)62-49)56-58-55(36-17-6-2-7-18-36)59-57(60-56)45-25-14-28-50-53(45)44-24-12-23-41(54(44)63-50)37-30-32-48-46(33-37)42-21-10-11-26-47(42)61(48)39-19-8-3-9-20-39/h1-34H. The summed E-state index contributed by atoms with van der Waals surface area (Å²) in [7, 11) is 0. The Morgan fingerprint density at radius 3 is 1.71 bits per heavy atom. The molecular weight excluding hydrogens is 773 g/mol. The molecule has 9 aromatic carbocycles. The van der Waals surface area contributed by atoms with E-state index in [-0.39, 0.29) is 0 Å². The molecule has 0 aliphatic heterocycles. The van der Waals surface area contributed by atoms with Crippen LogP contribution in [0.5, 0.6) is 0 Å². The molecule has 0 N–H and O–H groups in total. The minimum absolute atomic E-state index is 0.554. The molecule has 0 aliphatic rings. The fourth-order valence-electron chi connectivity index (χ4n) is 9.42. The van der Waals surface area contributed by atoms with E-state index >= 15 is 0 Å². The van der Waals surface area contributed by atoms with Crippen LogP contribution in [0, 0.1) is 0 Å². The molecule has 4 heterocycles. The topological polar surface area (TPSA) is 69.9 Å². The molecule has 294 valence electrons. The highest BCUT2D eigenvalue weighted by atomic mass is 16.3. The van der Waals surface area contributed by atoms with E-state index in [0.717, 1.165) is 94.0 Å². The summed E-state index contributed by atoms with van der Waals surface area (Å²) in [6.07, 6.45) is 0. The van der Waals surface area contributed by atoms with Crippen LogP contribution < -0.4 is 0 Å². The molecule has 6 heteroatoms. The van der Waals surface area contributed by atoms with E-state index in [0.29, 0.717) is 17.5 Å². The van der Waals surface area contributed by atoms with Crippen molar-refractivity contribution >= 4 is 65.7 Å². The Labute approximate surface area is 361 Å². The van der Waals surface area contributed by atoms with E-state index in [1.54, 1.807) is 0 Å². The first kappa shape index (κ1) is 35.2. The number of para-hydroxylation sites is 3. The van der Waals surface area contributed by atoms with Crippen molar-refractivity contribution in [3.63, 3.8) is 0 Å². The van der Waals surface area contributed by atoms with E-state index < -0.39 is 0 Å². The van der Waals surface area contributed by atoms with Crippen molar-refractivity contribution in [2.75, 3.05) is 0 Å². The van der Waals surface area contributed by atoms with E-state index in [2.05, 4.69) is 144 Å². The maximum absolute atomic E-state index is 6.83. The fraction of sp³-hybridized carbons (Fsp3) is 0. The van der Waals surface area contributed by atoms with E-state index in [4.69, 9.17) is 23.8 Å². The number of aromatic nitrogens is 4. The summed E-state index contributed by atoms with van der Waals surface area (Å²) in [4.78, 5) is 15.5. The van der Waals surface area contributed by atoms with Gasteiger partial charge in [0.05, 0.1) is 11.0 Å². The van der Waals surface area contributed by atoms with Gasteiger partial charge in [-0.3, -0.25) is 0 Å². The monoisotopic (exact) mass is 806 g/mol. The SMILES string of the molecule is c1ccc(-c2nc(-c3ccc4c(c3)oc3cccc(-c5ccccc5)c34)nc(-c3cccc4oc5c(-c6ccc7c(c6)c6ccccc6n7-c6ccccc6)cccc5c34)n2)cc1. The fourth-order valence-corrected chi connectivity index (χ4v) is 9.42. The number of rotatable bonds is 6. The average molecular weight is 807 g/mol. The highest BCUT2D eigenvalue weighted by molar-refractivity contribution is 6.17. The van der Waals surface area contributed by atoms with Gasteiger partial charge in [-0.15, -0.1) is 0 Å². The summed E-state index contributed by atoms with van der Waals surface area (Å²) in [5.74, 6) is 1.70. The van der Waals surface area contributed by atoms with Crippen LogP contribution in [0.4, 0.5) is 0 Å². The van der Waals surface area contributed by atoms with Crippen molar-refractivity contribution in [1.82, 2.24) is 19.5 Å². The van der Waals surface area contributed by atoms with Gasteiger partial charge in [0.1, 0.15) is 22.3 Å². The lowest BCUT2D eigenvalue weighted by Gasteiger charge is -2.09. The largest absolute Gasteiger partial charge is 0.456 e. The molecule has 6 nitrogen and oxygen atoms in total. The Bertz CT molecular complexity index is 3900. The third-order valence-electron chi connectivity index (χ3n) is 12.3. The molecule has 0 unspecified atom stereocenters. The summed E-state index contributed by atoms with van der Waals surface area (Å²) in [5.41, 5.74) is 13.6. The maximum atomic E-state index is 6.83. The second kappa shape index (κ2) is 14.0. The van der Waals surface area contributed by atoms with Gasteiger partial charge in [0, 0.05) is 60.3 Å². The van der Waals surface area contributed by atoms with E-state index in [1.165, 1.54) is 16.3 Å². The molecule has 0 fully saturated rings. The molecule has 13 aromatic rings. The van der Waals surface area contributed by atoms with Crippen molar-refractivity contribution in [2.24, 2.45) is 0 Å². The molecule has 0 atom stereocenters. The normalized spacial score (nSPS) is 11.8. The number of furan rings is 2. The Morgan fingerprint density at radius 1 is 0.317 bits per heavy atom. The number of hydrogen-bond acceptors (Lipinski definition) is 5. The van der Waals surface area contributed by atoms with Crippen LogP contribution in [-0.4, -0.2) is 19.5 Å². The predicted octanol–water partition coefficient (Wildman–Crippen LogP) is 15.1. The van der Waals surface area contributed by atoms with Crippen LogP contribution >= 0.6 is 0 Å². The van der Waals surface area contributed by atoms with Gasteiger partial charge in [0.25, 0.3) is 0 Å². The summed E-state index contributed by atoms with van der Waals surface area (Å²) in [5, 5.41) is 6.46. The van der Waals surface area contributed by atoms with Crippen molar-refractivity contribution in [3.8, 4) is 62.1 Å². The van der Waals surface area contributed by atoms with Gasteiger partial charge in [-0.25, -0.2) is 15.0 Å². The zero-order valence-corrected chi connectivity index (χ0v) is 33.7. The Balaban J connectivity index is 0.974. The van der Waals surface area contributed by atoms with Crippen LogP contribution in [0.3, 0.4) is 0 Å². The van der Waals surface area contributed by atoms with Gasteiger partial charge in [-0.05, 0) is 71.3 Å². The molecule has 0 radical (unpaired) electrons. The molecule has 0 amide bonds. The predicted molar refractivity (Wildman–Crippen MR) is 256 cm³/mol. The van der Waals surface area contributed by atoms with Crippen LogP contribution in [0.25, 0.3) is 128 Å². The van der Waals surface area contributed by atoms with Gasteiger partial charge < -0.3 is 13.4 Å². The Hall–Kier alpha value is -8.61. The van der Waals surface area contributed by atoms with Gasteiger partial charge in [-0.2, -0.15) is 0 Å². The molecule has 0 spiro atoms. The Kier molecular flexibility index (Phi) is 7.80. The first-order chi connectivity index (χ1) is 31.2. The lowest BCUT2D eigenvalue weighted by molar-refractivity contribution is 0.669. The molecular formula is C57H34N4O2. The number of benzene rings is 9. The van der Waals surface area contributed by atoms with Crippen molar-refractivity contribution in [2.45, 2.75) is 0 Å². The summed E-state index contributed by atoms with van der Waals surface area (Å²) in [6.45, 7) is 0. The van der Waals surface area contributed by atoms with E-state index in [9.17, 15) is 0 Å². The van der Waals surface area contributed by atoms with Gasteiger partial charge >= 0.3 is 0 Å². The van der Waals surface area contributed by atoms with Gasteiger partial charge in [0.15, 0.2) is 17.5 Å². The molecule has 4 aromatic heterocycles. The third kappa shape index (κ3) is 5.62. The maximum Gasteiger partial charge on any atom is 0.164 e.